The maximum Gasteiger partial charge on any atom is 0.336 e. The molecule has 0 radical (unpaired) electrons. The molecule has 1 unspecified atom stereocenters. The minimum Gasteiger partial charge on any atom is -0.497 e. The predicted octanol–water partition coefficient (Wildman–Crippen LogP) is 3.91. The molecule has 3 aromatic carbocycles. The number of rotatable bonds is 12. The van der Waals surface area contributed by atoms with Gasteiger partial charge in [-0.05, 0) is 87.1 Å². The quantitative estimate of drug-likeness (QED) is 0.153. The fourth-order valence-electron chi connectivity index (χ4n) is 6.26. The summed E-state index contributed by atoms with van der Waals surface area (Å²) in [4.78, 5) is 52.9. The van der Waals surface area contributed by atoms with Gasteiger partial charge in [0.2, 0.25) is 0 Å². The highest BCUT2D eigenvalue weighted by Crippen LogP contribution is 2.38. The second kappa shape index (κ2) is 14.5. The van der Waals surface area contributed by atoms with Crippen LogP contribution < -0.4 is 31.5 Å². The Labute approximate surface area is 267 Å². The van der Waals surface area contributed by atoms with E-state index in [0.717, 1.165) is 44.6 Å². The second-order valence-electron chi connectivity index (χ2n) is 11.5. The first kappa shape index (κ1) is 32.5. The summed E-state index contributed by atoms with van der Waals surface area (Å²) in [5.41, 5.74) is 2.77. The largest absolute Gasteiger partial charge is 0.497 e. The van der Waals surface area contributed by atoms with Crippen molar-refractivity contribution in [2.75, 3.05) is 58.1 Å². The van der Waals surface area contributed by atoms with E-state index in [9.17, 15) is 19.2 Å². The molecule has 11 heteroatoms. The molecule has 3 aromatic rings. The Hall–Kier alpha value is -4.90. The molecule has 46 heavy (non-hydrogen) atoms. The van der Waals surface area contributed by atoms with E-state index in [2.05, 4.69) is 33.0 Å². The van der Waals surface area contributed by atoms with E-state index in [4.69, 9.17) is 14.2 Å². The molecule has 1 atom stereocenters. The van der Waals surface area contributed by atoms with Gasteiger partial charge in [0.15, 0.2) is 0 Å². The van der Waals surface area contributed by atoms with Crippen molar-refractivity contribution in [1.29, 1.82) is 0 Å². The van der Waals surface area contributed by atoms with Crippen molar-refractivity contribution in [1.82, 2.24) is 10.2 Å². The number of likely N-dealkylation sites (tertiary alicyclic amines) is 1. The fraction of sp³-hybridized carbons (Fsp3) is 0.371. The van der Waals surface area contributed by atoms with Gasteiger partial charge in [-0.25, -0.2) is 9.59 Å². The van der Waals surface area contributed by atoms with E-state index in [-0.39, 0.29) is 22.5 Å². The average Bonchev–Trinajstić information content (AvgIpc) is 3.10. The lowest BCUT2D eigenvalue weighted by Crippen LogP contribution is -2.37. The smallest absolute Gasteiger partial charge is 0.336 e. The van der Waals surface area contributed by atoms with Crippen molar-refractivity contribution in [3.63, 3.8) is 0 Å². The summed E-state index contributed by atoms with van der Waals surface area (Å²) in [5.74, 6) is -0.547. The molecular weight excluding hydrogens is 588 g/mol. The molecule has 5 rings (SSSR count). The highest BCUT2D eigenvalue weighted by Gasteiger charge is 2.35. The van der Waals surface area contributed by atoms with Gasteiger partial charge in [0.1, 0.15) is 17.1 Å². The van der Waals surface area contributed by atoms with Gasteiger partial charge in [-0.1, -0.05) is 24.3 Å². The standard InChI is InChI=1S/C35H40N4O7/c1-21-28(35(43)46-4)29(27(20-37-21)34(42)45-3)24-9-5-10-25(18-24)38-31-30(32(40)33(31)41)36-14-7-15-39-16-12-22(13-17-39)23-8-6-11-26(19-23)44-2/h5-6,8-11,18-20,22,29,36-38H,7,12-17H2,1-4H3. The highest BCUT2D eigenvalue weighted by atomic mass is 16.5. The van der Waals surface area contributed by atoms with Crippen LogP contribution in [-0.4, -0.2) is 64.3 Å². The Morgan fingerprint density at radius 2 is 1.61 bits per heavy atom. The zero-order valence-corrected chi connectivity index (χ0v) is 26.6. The minimum atomic E-state index is -0.770. The van der Waals surface area contributed by atoms with E-state index in [1.54, 1.807) is 38.3 Å². The van der Waals surface area contributed by atoms with Gasteiger partial charge < -0.3 is 35.1 Å². The highest BCUT2D eigenvalue weighted by molar-refractivity contribution is 5.99. The van der Waals surface area contributed by atoms with Crippen molar-refractivity contribution in [2.24, 2.45) is 0 Å². The summed E-state index contributed by atoms with van der Waals surface area (Å²) in [7, 11) is 4.24. The Balaban J connectivity index is 1.20. The molecule has 2 aliphatic rings. The molecule has 2 aliphatic heterocycles. The number of carbonyl (C=O) groups is 2. The number of piperidine rings is 1. The van der Waals surface area contributed by atoms with Crippen LogP contribution in [0.1, 0.15) is 49.1 Å². The molecule has 242 valence electrons. The predicted molar refractivity (Wildman–Crippen MR) is 176 cm³/mol. The van der Waals surface area contributed by atoms with E-state index in [1.165, 1.54) is 26.0 Å². The lowest BCUT2D eigenvalue weighted by Gasteiger charge is -2.32. The molecule has 0 bridgehead atoms. The van der Waals surface area contributed by atoms with Crippen molar-refractivity contribution in [2.45, 2.75) is 38.0 Å². The number of esters is 2. The number of hydrogen-bond donors (Lipinski definition) is 3. The number of dihydropyridines is 1. The SMILES string of the molecule is COC(=O)C1=CNC(C)=C(C(=O)OC)C1c1cccc(Nc2c(NCCCN3CCC(c4cccc(OC)c4)CC3)c(=O)c2=O)c1. The van der Waals surface area contributed by atoms with E-state index >= 15 is 0 Å². The number of nitrogens with zero attached hydrogens (tertiary/aromatic N) is 1. The zero-order chi connectivity index (χ0) is 32.8. The third kappa shape index (κ3) is 6.84. The molecule has 0 spiro atoms. The van der Waals surface area contributed by atoms with Crippen LogP contribution in [-0.2, 0) is 19.1 Å². The summed E-state index contributed by atoms with van der Waals surface area (Å²) in [6, 6.07) is 15.3. The van der Waals surface area contributed by atoms with Gasteiger partial charge in [-0.3, -0.25) is 9.59 Å². The molecule has 1 saturated heterocycles. The molecule has 0 aromatic heterocycles. The summed E-state index contributed by atoms with van der Waals surface area (Å²) < 4.78 is 15.4. The van der Waals surface area contributed by atoms with Crippen LogP contribution in [0.3, 0.4) is 0 Å². The lowest BCUT2D eigenvalue weighted by atomic mass is 9.82. The van der Waals surface area contributed by atoms with Crippen LogP contribution in [0.5, 0.6) is 5.75 Å². The van der Waals surface area contributed by atoms with E-state index < -0.39 is 28.7 Å². The first-order chi connectivity index (χ1) is 22.2. The Kier molecular flexibility index (Phi) is 10.2. The summed E-state index contributed by atoms with van der Waals surface area (Å²) >= 11 is 0. The Morgan fingerprint density at radius 3 is 2.33 bits per heavy atom. The Morgan fingerprint density at radius 1 is 0.913 bits per heavy atom. The summed E-state index contributed by atoms with van der Waals surface area (Å²) in [6.45, 7) is 5.16. The summed E-state index contributed by atoms with van der Waals surface area (Å²) in [5, 5.41) is 9.18. The van der Waals surface area contributed by atoms with Gasteiger partial charge in [-0.2, -0.15) is 0 Å². The number of hydrogen-bond acceptors (Lipinski definition) is 11. The molecule has 0 aliphatic carbocycles. The van der Waals surface area contributed by atoms with Gasteiger partial charge >= 0.3 is 11.9 Å². The topological polar surface area (TPSA) is 135 Å². The first-order valence-electron chi connectivity index (χ1n) is 15.4. The van der Waals surface area contributed by atoms with Crippen molar-refractivity contribution >= 4 is 29.0 Å². The van der Waals surface area contributed by atoms with Gasteiger partial charge in [-0.15, -0.1) is 0 Å². The summed E-state index contributed by atoms with van der Waals surface area (Å²) in [6.07, 6.45) is 4.49. The first-order valence-corrected chi connectivity index (χ1v) is 15.4. The number of anilines is 3. The number of nitrogens with one attached hydrogen (secondary N) is 3. The van der Waals surface area contributed by atoms with Gasteiger partial charge in [0.25, 0.3) is 10.9 Å². The van der Waals surface area contributed by atoms with E-state index in [0.29, 0.717) is 29.4 Å². The number of methoxy groups -OCH3 is 3. The molecule has 11 nitrogen and oxygen atoms in total. The number of ether oxygens (including phenoxy) is 3. The van der Waals surface area contributed by atoms with Gasteiger partial charge in [0, 0.05) is 24.1 Å². The van der Waals surface area contributed by atoms with Crippen molar-refractivity contribution in [3.05, 3.63) is 103 Å². The van der Waals surface area contributed by atoms with Crippen LogP contribution in [0, 0.1) is 0 Å². The maximum absolute atomic E-state index is 12.8. The Bertz CT molecular complexity index is 1730. The molecule has 1 fully saturated rings. The van der Waals surface area contributed by atoms with Gasteiger partial charge in [0.05, 0.1) is 38.4 Å². The zero-order valence-electron chi connectivity index (χ0n) is 26.6. The molecule has 2 heterocycles. The minimum absolute atomic E-state index is 0.190. The fourth-order valence-corrected chi connectivity index (χ4v) is 6.26. The molecule has 0 saturated carbocycles. The molecular formula is C35H40N4O7. The molecule has 3 N–H and O–H groups in total. The van der Waals surface area contributed by atoms with Crippen LogP contribution in [0.2, 0.25) is 0 Å². The van der Waals surface area contributed by atoms with Crippen LogP contribution in [0.4, 0.5) is 17.1 Å². The van der Waals surface area contributed by atoms with E-state index in [1.807, 2.05) is 12.1 Å². The molecule has 0 amide bonds. The number of allylic oxidation sites excluding steroid dienone is 1. The van der Waals surface area contributed by atoms with Crippen LogP contribution in [0.15, 0.2) is 81.2 Å². The lowest BCUT2D eigenvalue weighted by molar-refractivity contribution is -0.137. The third-order valence-corrected chi connectivity index (χ3v) is 8.78. The number of benzene rings is 2. The van der Waals surface area contributed by atoms with Crippen LogP contribution >= 0.6 is 0 Å². The monoisotopic (exact) mass is 628 g/mol. The second-order valence-corrected chi connectivity index (χ2v) is 11.5. The number of carbonyl (C=O) groups excluding carboxylic acids is 2. The van der Waals surface area contributed by atoms with Crippen molar-refractivity contribution < 1.29 is 23.8 Å². The average molecular weight is 629 g/mol. The normalized spacial score (nSPS) is 17.2. The van der Waals surface area contributed by atoms with Crippen LogP contribution in [0.25, 0.3) is 0 Å². The third-order valence-electron chi connectivity index (χ3n) is 8.78. The van der Waals surface area contributed by atoms with Crippen molar-refractivity contribution in [3.8, 4) is 5.75 Å². The maximum atomic E-state index is 12.8.